The van der Waals surface area contributed by atoms with Crippen LogP contribution in [0.1, 0.15) is 52.5 Å². The molecule has 2 unspecified atom stereocenters. The number of amides is 1. The molecule has 3 fully saturated rings. The number of aryl methyl sites for hydroxylation is 2. The van der Waals surface area contributed by atoms with E-state index >= 15 is 0 Å². The number of halogens is 1. The van der Waals surface area contributed by atoms with Crippen molar-refractivity contribution in [2.24, 2.45) is 11.8 Å². The summed E-state index contributed by atoms with van der Waals surface area (Å²) in [6, 6.07) is 6.75. The van der Waals surface area contributed by atoms with Gasteiger partial charge >= 0.3 is 0 Å². The molecule has 4 aliphatic rings. The number of carbonyl (C=O) groups excluding carboxylic acids is 1. The van der Waals surface area contributed by atoms with Gasteiger partial charge in [-0.15, -0.1) is 0 Å². The van der Waals surface area contributed by atoms with E-state index in [0.717, 1.165) is 37.9 Å². The van der Waals surface area contributed by atoms with E-state index in [4.69, 9.17) is 0 Å². The molecular weight excluding hydrogens is 505 g/mol. The Morgan fingerprint density at radius 3 is 2.50 bits per heavy atom. The van der Waals surface area contributed by atoms with E-state index in [2.05, 4.69) is 21.1 Å². The van der Waals surface area contributed by atoms with Crippen LogP contribution in [0.2, 0.25) is 0 Å². The standard InChI is InChI=1S/C28H34FN5O3S/c1-18-27(19(2)31-17-30-18)28(35)33-13-21-11-32(12-22(21)14-33)9-8-26(20-4-3-5-24(29)10-20)23-15-34(16-23)38(36,37)25-6-7-25/h3-5,10-11,17,22-23,25-26H,6-9,12-16H2,1-2H3. The SMILES string of the molecule is Cc1ncnc(C)c1C(=O)N1CC2=CN(CCC(c3cccc(F)c3)C3CN(S(=O)(=O)C4CC4)C3)CC2C1. The number of hydrogen-bond acceptors (Lipinski definition) is 6. The van der Waals surface area contributed by atoms with Gasteiger partial charge in [0, 0.05) is 51.4 Å². The smallest absolute Gasteiger partial charge is 0.257 e. The van der Waals surface area contributed by atoms with Crippen molar-refractivity contribution in [2.45, 2.75) is 44.3 Å². The minimum absolute atomic E-state index is 0.00990. The Bertz CT molecular complexity index is 1370. The van der Waals surface area contributed by atoms with Gasteiger partial charge < -0.3 is 9.80 Å². The maximum atomic E-state index is 14.1. The van der Waals surface area contributed by atoms with Crippen molar-refractivity contribution >= 4 is 15.9 Å². The van der Waals surface area contributed by atoms with Crippen molar-refractivity contribution < 1.29 is 17.6 Å². The Labute approximate surface area is 223 Å². The number of aromatic nitrogens is 2. The van der Waals surface area contributed by atoms with E-state index in [9.17, 15) is 17.6 Å². The van der Waals surface area contributed by atoms with Crippen molar-refractivity contribution in [1.82, 2.24) is 24.1 Å². The molecule has 0 bridgehead atoms. The molecule has 4 heterocycles. The monoisotopic (exact) mass is 539 g/mol. The summed E-state index contributed by atoms with van der Waals surface area (Å²) in [6.45, 7) is 7.67. The molecule has 2 aromatic rings. The number of sulfonamides is 1. The number of rotatable bonds is 8. The van der Waals surface area contributed by atoms with Crippen LogP contribution in [0.25, 0.3) is 0 Å². The van der Waals surface area contributed by atoms with E-state index in [-0.39, 0.29) is 28.8 Å². The molecule has 2 atom stereocenters. The number of nitrogens with zero attached hydrogens (tertiary/aromatic N) is 5. The summed E-state index contributed by atoms with van der Waals surface area (Å²) in [7, 11) is -3.17. The van der Waals surface area contributed by atoms with Gasteiger partial charge in [0.25, 0.3) is 5.91 Å². The molecule has 1 saturated carbocycles. The van der Waals surface area contributed by atoms with Crippen LogP contribution in [0, 0.1) is 31.5 Å². The van der Waals surface area contributed by atoms with E-state index in [1.54, 1.807) is 16.4 Å². The Balaban J connectivity index is 1.10. The van der Waals surface area contributed by atoms with Crippen LogP contribution >= 0.6 is 0 Å². The summed E-state index contributed by atoms with van der Waals surface area (Å²) in [5.41, 5.74) is 4.22. The van der Waals surface area contributed by atoms with Crippen LogP contribution in [0.15, 0.2) is 42.4 Å². The highest BCUT2D eigenvalue weighted by Crippen LogP contribution is 2.41. The van der Waals surface area contributed by atoms with Gasteiger partial charge in [-0.1, -0.05) is 12.1 Å². The molecule has 38 heavy (non-hydrogen) atoms. The average molecular weight is 540 g/mol. The third-order valence-electron chi connectivity index (χ3n) is 8.62. The topological polar surface area (TPSA) is 86.7 Å². The Morgan fingerprint density at radius 2 is 1.84 bits per heavy atom. The normalized spacial score (nSPS) is 22.8. The third-order valence-corrected chi connectivity index (χ3v) is 11.0. The zero-order valence-corrected chi connectivity index (χ0v) is 22.7. The highest BCUT2D eigenvalue weighted by molar-refractivity contribution is 7.90. The minimum atomic E-state index is -3.17. The van der Waals surface area contributed by atoms with Crippen LogP contribution in [0.3, 0.4) is 0 Å². The molecule has 1 aliphatic carbocycles. The second-order valence-electron chi connectivity index (χ2n) is 11.3. The van der Waals surface area contributed by atoms with Gasteiger partial charge in [-0.3, -0.25) is 4.79 Å². The summed E-state index contributed by atoms with van der Waals surface area (Å²) < 4.78 is 41.0. The first-order valence-corrected chi connectivity index (χ1v) is 15.0. The van der Waals surface area contributed by atoms with E-state index in [1.807, 2.05) is 24.8 Å². The fraction of sp³-hybridized carbons (Fsp3) is 0.536. The summed E-state index contributed by atoms with van der Waals surface area (Å²) in [5.74, 6) is 0.320. The molecular formula is C28H34FN5O3S. The molecule has 10 heteroatoms. The lowest BCUT2D eigenvalue weighted by atomic mass is 9.80. The lowest BCUT2D eigenvalue weighted by Crippen LogP contribution is -2.53. The van der Waals surface area contributed by atoms with Gasteiger partial charge in [0.15, 0.2) is 0 Å². The third kappa shape index (κ3) is 4.73. The second kappa shape index (κ2) is 9.72. The Morgan fingerprint density at radius 1 is 1.11 bits per heavy atom. The van der Waals surface area contributed by atoms with Crippen molar-refractivity contribution in [1.29, 1.82) is 0 Å². The van der Waals surface area contributed by atoms with Crippen molar-refractivity contribution in [3.8, 4) is 0 Å². The molecule has 6 rings (SSSR count). The van der Waals surface area contributed by atoms with Crippen molar-refractivity contribution in [3.63, 3.8) is 0 Å². The fourth-order valence-electron chi connectivity index (χ4n) is 6.29. The van der Waals surface area contributed by atoms with E-state index in [1.165, 1.54) is 18.0 Å². The van der Waals surface area contributed by atoms with Crippen LogP contribution in [-0.2, 0) is 10.0 Å². The first kappa shape index (κ1) is 25.4. The lowest BCUT2D eigenvalue weighted by molar-refractivity contribution is 0.0782. The molecule has 0 radical (unpaired) electrons. The molecule has 0 N–H and O–H groups in total. The fourth-order valence-corrected chi connectivity index (χ4v) is 8.24. The second-order valence-corrected chi connectivity index (χ2v) is 13.5. The number of hydrogen-bond donors (Lipinski definition) is 0. The molecule has 2 saturated heterocycles. The van der Waals surface area contributed by atoms with Crippen LogP contribution in [0.5, 0.6) is 0 Å². The van der Waals surface area contributed by atoms with Crippen molar-refractivity contribution in [3.05, 3.63) is 70.7 Å². The maximum absolute atomic E-state index is 14.1. The summed E-state index contributed by atoms with van der Waals surface area (Å²) >= 11 is 0. The number of fused-ring (bicyclic) bond motifs is 1. The van der Waals surface area contributed by atoms with Gasteiger partial charge in [0.2, 0.25) is 10.0 Å². The molecule has 3 aliphatic heterocycles. The minimum Gasteiger partial charge on any atom is -0.377 e. The predicted octanol–water partition coefficient (Wildman–Crippen LogP) is 3.10. The lowest BCUT2D eigenvalue weighted by Gasteiger charge is -2.43. The van der Waals surface area contributed by atoms with E-state index < -0.39 is 10.0 Å². The number of benzene rings is 1. The van der Waals surface area contributed by atoms with Crippen LogP contribution in [0.4, 0.5) is 4.39 Å². The van der Waals surface area contributed by atoms with Crippen LogP contribution < -0.4 is 0 Å². The van der Waals surface area contributed by atoms with Gasteiger partial charge in [-0.2, -0.15) is 0 Å². The Kier molecular flexibility index (Phi) is 6.50. The number of carbonyl (C=O) groups is 1. The quantitative estimate of drug-likeness (QED) is 0.513. The van der Waals surface area contributed by atoms with Gasteiger partial charge in [0.1, 0.15) is 12.1 Å². The molecule has 1 aromatic carbocycles. The average Bonchev–Trinajstić information content (AvgIpc) is 3.53. The zero-order chi connectivity index (χ0) is 26.6. The van der Waals surface area contributed by atoms with Gasteiger partial charge in [-0.25, -0.2) is 27.1 Å². The largest absolute Gasteiger partial charge is 0.377 e. The first-order chi connectivity index (χ1) is 18.2. The van der Waals surface area contributed by atoms with Gasteiger partial charge in [0.05, 0.1) is 22.2 Å². The predicted molar refractivity (Wildman–Crippen MR) is 141 cm³/mol. The molecule has 8 nitrogen and oxygen atoms in total. The highest BCUT2D eigenvalue weighted by atomic mass is 32.2. The Hall–Kier alpha value is -2.85. The van der Waals surface area contributed by atoms with E-state index in [0.29, 0.717) is 49.0 Å². The molecule has 202 valence electrons. The zero-order valence-electron chi connectivity index (χ0n) is 21.9. The first-order valence-electron chi connectivity index (χ1n) is 13.5. The molecule has 0 spiro atoms. The van der Waals surface area contributed by atoms with Gasteiger partial charge in [-0.05, 0) is 68.2 Å². The summed E-state index contributed by atoms with van der Waals surface area (Å²) in [5, 5.41) is -0.194. The highest BCUT2D eigenvalue weighted by Gasteiger charge is 2.47. The summed E-state index contributed by atoms with van der Waals surface area (Å²) in [6.07, 6.45) is 6.04. The maximum Gasteiger partial charge on any atom is 0.257 e. The molecule has 1 aromatic heterocycles. The van der Waals surface area contributed by atoms with Crippen molar-refractivity contribution in [2.75, 3.05) is 39.3 Å². The molecule has 1 amide bonds. The number of likely N-dealkylation sites (tertiary alicyclic amines) is 1. The van der Waals surface area contributed by atoms with Crippen LogP contribution in [-0.4, -0.2) is 82.9 Å². The summed E-state index contributed by atoms with van der Waals surface area (Å²) in [4.78, 5) is 25.8.